The molecule has 0 saturated carbocycles. The normalized spacial score (nSPS) is 10.7. The van der Waals surface area contributed by atoms with Crippen LogP contribution in [0.2, 0.25) is 0 Å². The minimum absolute atomic E-state index is 0.112. The molecule has 0 saturated heterocycles. The molecule has 0 aliphatic heterocycles. The number of nitrogens with one attached hydrogen (secondary N) is 1. The average Bonchev–Trinajstić information content (AvgIpc) is 2.81. The Morgan fingerprint density at radius 2 is 1.61 bits per heavy atom. The highest BCUT2D eigenvalue weighted by Crippen LogP contribution is 2.26. The van der Waals surface area contributed by atoms with Crippen molar-refractivity contribution in [1.82, 2.24) is 15.0 Å². The molecule has 31 heavy (non-hydrogen) atoms. The van der Waals surface area contributed by atoms with Gasteiger partial charge in [0, 0.05) is 25.4 Å². The van der Waals surface area contributed by atoms with Crippen LogP contribution in [0.4, 0.5) is 26.4 Å². The van der Waals surface area contributed by atoms with Crippen molar-refractivity contribution in [1.29, 1.82) is 0 Å². The first-order chi connectivity index (χ1) is 15.1. The van der Waals surface area contributed by atoms with Gasteiger partial charge in [0.1, 0.15) is 11.6 Å². The van der Waals surface area contributed by atoms with Crippen LogP contribution in [0.3, 0.4) is 0 Å². The number of hydrogen-bond donors (Lipinski definition) is 1. The highest BCUT2D eigenvalue weighted by Gasteiger charge is 2.14. The first kappa shape index (κ1) is 20.4. The molecule has 0 spiro atoms. The third kappa shape index (κ3) is 4.83. The van der Waals surface area contributed by atoms with Gasteiger partial charge >= 0.3 is 0 Å². The summed E-state index contributed by atoms with van der Waals surface area (Å²) in [6.45, 7) is 0.698. The first-order valence-electron chi connectivity index (χ1n) is 9.88. The predicted molar refractivity (Wildman–Crippen MR) is 118 cm³/mol. The van der Waals surface area contributed by atoms with Gasteiger partial charge in [0.15, 0.2) is 11.6 Å². The second-order valence-electron chi connectivity index (χ2n) is 6.94. The van der Waals surface area contributed by atoms with Gasteiger partial charge in [-0.05, 0) is 42.3 Å². The predicted octanol–water partition coefficient (Wildman–Crippen LogP) is 5.24. The molecule has 4 rings (SSSR count). The van der Waals surface area contributed by atoms with Crippen molar-refractivity contribution in [3.8, 4) is 11.3 Å². The van der Waals surface area contributed by atoms with E-state index in [1.807, 2.05) is 25.2 Å². The fourth-order valence-electron chi connectivity index (χ4n) is 3.16. The summed E-state index contributed by atoms with van der Waals surface area (Å²) in [5.74, 6) is -0.133. The quantitative estimate of drug-likeness (QED) is 0.446. The Morgan fingerprint density at radius 1 is 0.839 bits per heavy atom. The Kier molecular flexibility index (Phi) is 6.12. The summed E-state index contributed by atoms with van der Waals surface area (Å²) >= 11 is 0. The summed E-state index contributed by atoms with van der Waals surface area (Å²) in [5.41, 5.74) is 1.69. The van der Waals surface area contributed by atoms with Gasteiger partial charge in [-0.1, -0.05) is 42.5 Å². The second kappa shape index (κ2) is 9.30. The third-order valence-corrected chi connectivity index (χ3v) is 4.83. The number of nitrogens with zero attached hydrogens (tertiary/aromatic N) is 4. The van der Waals surface area contributed by atoms with Crippen LogP contribution in [0.15, 0.2) is 79.0 Å². The van der Waals surface area contributed by atoms with Crippen molar-refractivity contribution in [3.63, 3.8) is 0 Å². The van der Waals surface area contributed by atoms with E-state index in [1.54, 1.807) is 35.4 Å². The van der Waals surface area contributed by atoms with Crippen molar-refractivity contribution < 1.29 is 8.78 Å². The van der Waals surface area contributed by atoms with Gasteiger partial charge in [0.2, 0.25) is 5.95 Å². The van der Waals surface area contributed by atoms with E-state index in [0.717, 1.165) is 12.5 Å². The van der Waals surface area contributed by atoms with E-state index in [4.69, 9.17) is 0 Å². The van der Waals surface area contributed by atoms with E-state index in [9.17, 15) is 8.78 Å². The lowest BCUT2D eigenvalue weighted by Crippen LogP contribution is -2.15. The zero-order valence-electron chi connectivity index (χ0n) is 17.0. The maximum absolute atomic E-state index is 14.2. The molecule has 0 aliphatic rings. The van der Waals surface area contributed by atoms with Gasteiger partial charge in [0.25, 0.3) is 0 Å². The summed E-state index contributed by atoms with van der Waals surface area (Å²) < 4.78 is 27.8. The minimum atomic E-state index is -0.915. The van der Waals surface area contributed by atoms with E-state index in [1.165, 1.54) is 17.7 Å². The average molecular weight is 417 g/mol. The molecule has 1 N–H and O–H groups in total. The van der Waals surface area contributed by atoms with Crippen LogP contribution >= 0.6 is 0 Å². The third-order valence-electron chi connectivity index (χ3n) is 4.83. The maximum Gasteiger partial charge on any atom is 0.224 e. The molecule has 2 aromatic carbocycles. The minimum Gasteiger partial charge on any atom is -0.354 e. The van der Waals surface area contributed by atoms with Gasteiger partial charge in [-0.25, -0.2) is 18.7 Å². The van der Waals surface area contributed by atoms with E-state index < -0.39 is 11.6 Å². The largest absolute Gasteiger partial charge is 0.354 e. The topological polar surface area (TPSA) is 53.9 Å². The lowest BCUT2D eigenvalue weighted by Gasteiger charge is -2.18. The summed E-state index contributed by atoms with van der Waals surface area (Å²) in [5, 5.41) is 3.23. The SMILES string of the molecule is CN(c1cccc(-c2cccc(F)c2F)n1)c1ccnc(NCCc2ccccc2)n1. The van der Waals surface area contributed by atoms with Crippen LogP contribution in [-0.4, -0.2) is 28.5 Å². The lowest BCUT2D eigenvalue weighted by atomic mass is 10.1. The first-order valence-corrected chi connectivity index (χ1v) is 9.88. The molecular formula is C24H21F2N5. The Morgan fingerprint density at radius 3 is 2.45 bits per heavy atom. The molecule has 156 valence electrons. The van der Waals surface area contributed by atoms with Gasteiger partial charge < -0.3 is 10.2 Å². The number of aromatic nitrogens is 3. The number of benzene rings is 2. The van der Waals surface area contributed by atoms with E-state index in [0.29, 0.717) is 29.8 Å². The van der Waals surface area contributed by atoms with Gasteiger partial charge in [-0.2, -0.15) is 4.98 Å². The zero-order valence-corrected chi connectivity index (χ0v) is 17.0. The molecule has 7 heteroatoms. The molecule has 0 atom stereocenters. The van der Waals surface area contributed by atoms with Gasteiger partial charge in [0.05, 0.1) is 5.69 Å². The summed E-state index contributed by atoms with van der Waals surface area (Å²) in [4.78, 5) is 15.1. The number of hydrogen-bond acceptors (Lipinski definition) is 5. The van der Waals surface area contributed by atoms with E-state index >= 15 is 0 Å². The van der Waals surface area contributed by atoms with Gasteiger partial charge in [-0.15, -0.1) is 0 Å². The van der Waals surface area contributed by atoms with Crippen LogP contribution in [0.25, 0.3) is 11.3 Å². The van der Waals surface area contributed by atoms with Crippen LogP contribution in [0.1, 0.15) is 5.56 Å². The van der Waals surface area contributed by atoms with Gasteiger partial charge in [-0.3, -0.25) is 0 Å². The fraction of sp³-hybridized carbons (Fsp3) is 0.125. The number of pyridine rings is 1. The smallest absolute Gasteiger partial charge is 0.224 e. The van der Waals surface area contributed by atoms with Crippen LogP contribution in [0, 0.1) is 11.6 Å². The second-order valence-corrected chi connectivity index (χ2v) is 6.94. The Labute approximate surface area is 179 Å². The molecule has 0 unspecified atom stereocenters. The zero-order chi connectivity index (χ0) is 21.6. The summed E-state index contributed by atoms with van der Waals surface area (Å²) in [6, 6.07) is 21.2. The molecule has 0 bridgehead atoms. The molecule has 2 aromatic heterocycles. The van der Waals surface area contributed by atoms with Crippen LogP contribution in [-0.2, 0) is 6.42 Å². The lowest BCUT2D eigenvalue weighted by molar-refractivity contribution is 0.511. The highest BCUT2D eigenvalue weighted by atomic mass is 19.2. The summed E-state index contributed by atoms with van der Waals surface area (Å²) in [7, 11) is 1.81. The molecule has 5 nitrogen and oxygen atoms in total. The molecule has 0 fully saturated rings. The fourth-order valence-corrected chi connectivity index (χ4v) is 3.16. The Balaban J connectivity index is 1.50. The maximum atomic E-state index is 14.2. The monoisotopic (exact) mass is 417 g/mol. The van der Waals surface area contributed by atoms with Crippen molar-refractivity contribution in [3.05, 3.63) is 96.2 Å². The van der Waals surface area contributed by atoms with E-state index in [2.05, 4.69) is 32.4 Å². The highest BCUT2D eigenvalue weighted by molar-refractivity contribution is 5.64. The number of halogens is 2. The van der Waals surface area contributed by atoms with E-state index in [-0.39, 0.29) is 5.56 Å². The Bertz CT molecular complexity index is 1170. The summed E-state index contributed by atoms with van der Waals surface area (Å²) in [6.07, 6.45) is 2.52. The molecule has 0 aliphatic carbocycles. The standard InChI is InChI=1S/C24H21F2N5/c1-31(21-12-6-11-20(29-21)18-9-5-10-19(25)23(18)26)22-14-16-28-24(30-22)27-15-13-17-7-3-2-4-8-17/h2-12,14,16H,13,15H2,1H3,(H,27,28,30). The van der Waals surface area contributed by atoms with Crippen molar-refractivity contribution in [2.45, 2.75) is 6.42 Å². The van der Waals surface area contributed by atoms with Crippen LogP contribution in [0.5, 0.6) is 0 Å². The molecule has 0 radical (unpaired) electrons. The molecule has 2 heterocycles. The number of anilines is 3. The molecule has 0 amide bonds. The van der Waals surface area contributed by atoms with Crippen molar-refractivity contribution >= 4 is 17.6 Å². The van der Waals surface area contributed by atoms with Crippen molar-refractivity contribution in [2.24, 2.45) is 0 Å². The Hall–Kier alpha value is -3.87. The molecular weight excluding hydrogens is 396 g/mol. The van der Waals surface area contributed by atoms with Crippen molar-refractivity contribution in [2.75, 3.05) is 23.8 Å². The molecule has 4 aromatic rings. The number of rotatable bonds is 7. The van der Waals surface area contributed by atoms with Crippen LogP contribution < -0.4 is 10.2 Å².